The van der Waals surface area contributed by atoms with Gasteiger partial charge in [-0.2, -0.15) is 0 Å². The number of hydrogen-bond acceptors (Lipinski definition) is 3. The first kappa shape index (κ1) is 11.8. The molecule has 1 N–H and O–H groups in total. The average Bonchev–Trinajstić information content (AvgIpc) is 3.19. The largest absolute Gasteiger partial charge is 0.486 e. The summed E-state index contributed by atoms with van der Waals surface area (Å²) in [5.41, 5.74) is 2.70. The molecule has 0 aromatic heterocycles. The fraction of sp³-hybridized carbons (Fsp3) is 0.600. The summed E-state index contributed by atoms with van der Waals surface area (Å²) in [7, 11) is 0. The molecule has 3 nitrogen and oxygen atoms in total. The molecule has 0 atom stereocenters. The van der Waals surface area contributed by atoms with Gasteiger partial charge in [0.25, 0.3) is 0 Å². The van der Waals surface area contributed by atoms with Crippen molar-refractivity contribution in [3.63, 3.8) is 0 Å². The van der Waals surface area contributed by atoms with Gasteiger partial charge in [-0.05, 0) is 62.4 Å². The zero-order valence-electron chi connectivity index (χ0n) is 11.0. The monoisotopic (exact) mass is 247 g/mol. The molecule has 1 aliphatic heterocycles. The third-order valence-electron chi connectivity index (χ3n) is 3.63. The number of aryl methyl sites for hydroxylation is 2. The summed E-state index contributed by atoms with van der Waals surface area (Å²) in [6.45, 7) is 4.61. The summed E-state index contributed by atoms with van der Waals surface area (Å²) < 4.78 is 11.2. The van der Waals surface area contributed by atoms with Crippen molar-refractivity contribution in [3.8, 4) is 11.5 Å². The van der Waals surface area contributed by atoms with Gasteiger partial charge in [0.2, 0.25) is 0 Å². The highest BCUT2D eigenvalue weighted by molar-refractivity contribution is 5.47. The van der Waals surface area contributed by atoms with Crippen molar-refractivity contribution < 1.29 is 9.47 Å². The Balaban J connectivity index is 1.59. The molecule has 2 aliphatic rings. The van der Waals surface area contributed by atoms with E-state index in [9.17, 15) is 0 Å². The van der Waals surface area contributed by atoms with Crippen LogP contribution in [0.4, 0.5) is 0 Å². The minimum absolute atomic E-state index is 0.664. The second-order valence-electron chi connectivity index (χ2n) is 5.25. The first-order valence-corrected chi connectivity index (χ1v) is 6.95. The van der Waals surface area contributed by atoms with Crippen LogP contribution in [0.1, 0.15) is 30.4 Å². The molecule has 0 spiro atoms. The van der Waals surface area contributed by atoms with E-state index >= 15 is 0 Å². The molecule has 1 aromatic rings. The number of rotatable bonds is 5. The summed E-state index contributed by atoms with van der Waals surface area (Å²) >= 11 is 0. The van der Waals surface area contributed by atoms with E-state index in [1.165, 1.54) is 30.4 Å². The van der Waals surface area contributed by atoms with E-state index < -0.39 is 0 Å². The van der Waals surface area contributed by atoms with Crippen molar-refractivity contribution in [2.45, 2.75) is 38.6 Å². The maximum absolute atomic E-state index is 5.63. The van der Waals surface area contributed by atoms with Crippen LogP contribution in [0.5, 0.6) is 11.5 Å². The topological polar surface area (TPSA) is 30.5 Å². The van der Waals surface area contributed by atoms with E-state index in [4.69, 9.17) is 9.47 Å². The molecule has 1 aliphatic carbocycles. The first-order chi connectivity index (χ1) is 8.83. The van der Waals surface area contributed by atoms with Crippen molar-refractivity contribution in [2.75, 3.05) is 19.8 Å². The van der Waals surface area contributed by atoms with E-state index in [0.717, 1.165) is 30.5 Å². The second kappa shape index (κ2) is 5.19. The van der Waals surface area contributed by atoms with Crippen LogP contribution in [0.25, 0.3) is 0 Å². The summed E-state index contributed by atoms with van der Waals surface area (Å²) in [4.78, 5) is 0. The van der Waals surface area contributed by atoms with E-state index in [0.29, 0.717) is 13.2 Å². The Labute approximate surface area is 108 Å². The van der Waals surface area contributed by atoms with Gasteiger partial charge in [-0.25, -0.2) is 0 Å². The van der Waals surface area contributed by atoms with E-state index in [2.05, 4.69) is 24.4 Å². The molecule has 98 valence electrons. The van der Waals surface area contributed by atoms with E-state index in [1.54, 1.807) is 0 Å². The fourth-order valence-corrected chi connectivity index (χ4v) is 2.37. The molecule has 0 bridgehead atoms. The van der Waals surface area contributed by atoms with Crippen molar-refractivity contribution in [2.24, 2.45) is 0 Å². The van der Waals surface area contributed by atoms with E-state index in [-0.39, 0.29) is 0 Å². The molecule has 0 unspecified atom stereocenters. The first-order valence-electron chi connectivity index (χ1n) is 6.95. The van der Waals surface area contributed by atoms with Gasteiger partial charge in [0.1, 0.15) is 13.2 Å². The predicted octanol–water partition coefficient (Wildman–Crippen LogP) is 2.45. The summed E-state index contributed by atoms with van der Waals surface area (Å²) in [6.07, 6.45) is 5.03. The van der Waals surface area contributed by atoms with Crippen LogP contribution in [-0.4, -0.2) is 25.8 Å². The SMILES string of the molecule is Cc1cc2c(cc1CCCNC1CC1)OCCO2. The average molecular weight is 247 g/mol. The van der Waals surface area contributed by atoms with Gasteiger partial charge in [0, 0.05) is 6.04 Å². The smallest absolute Gasteiger partial charge is 0.161 e. The van der Waals surface area contributed by atoms with E-state index in [1.807, 2.05) is 0 Å². The zero-order valence-corrected chi connectivity index (χ0v) is 11.0. The lowest BCUT2D eigenvalue weighted by atomic mass is 10.0. The predicted molar refractivity (Wildman–Crippen MR) is 71.5 cm³/mol. The van der Waals surface area contributed by atoms with Crippen LogP contribution in [0.2, 0.25) is 0 Å². The Morgan fingerprint density at radius 1 is 1.17 bits per heavy atom. The van der Waals surface area contributed by atoms with Crippen molar-refractivity contribution in [3.05, 3.63) is 23.3 Å². The Kier molecular flexibility index (Phi) is 3.41. The zero-order chi connectivity index (χ0) is 12.4. The molecule has 18 heavy (non-hydrogen) atoms. The molecular weight excluding hydrogens is 226 g/mol. The number of fused-ring (bicyclic) bond motifs is 1. The highest BCUT2D eigenvalue weighted by Crippen LogP contribution is 2.33. The fourth-order valence-electron chi connectivity index (χ4n) is 2.37. The van der Waals surface area contributed by atoms with Crippen LogP contribution in [0.3, 0.4) is 0 Å². The molecule has 1 aromatic carbocycles. The van der Waals surface area contributed by atoms with Crippen LogP contribution in [0.15, 0.2) is 12.1 Å². The van der Waals surface area contributed by atoms with Crippen LogP contribution >= 0.6 is 0 Å². The maximum Gasteiger partial charge on any atom is 0.161 e. The Hall–Kier alpha value is -1.22. The quantitative estimate of drug-likeness (QED) is 0.811. The third kappa shape index (κ3) is 2.78. The molecule has 0 saturated heterocycles. The van der Waals surface area contributed by atoms with Gasteiger partial charge in [-0.1, -0.05) is 0 Å². The number of nitrogens with one attached hydrogen (secondary N) is 1. The molecule has 0 amide bonds. The minimum atomic E-state index is 0.664. The third-order valence-corrected chi connectivity index (χ3v) is 3.63. The van der Waals surface area contributed by atoms with Crippen molar-refractivity contribution >= 4 is 0 Å². The van der Waals surface area contributed by atoms with Gasteiger partial charge < -0.3 is 14.8 Å². The lowest BCUT2D eigenvalue weighted by molar-refractivity contribution is 0.171. The Morgan fingerprint density at radius 2 is 1.89 bits per heavy atom. The maximum atomic E-state index is 5.63. The van der Waals surface area contributed by atoms with Crippen LogP contribution in [0, 0.1) is 6.92 Å². The normalized spacial score (nSPS) is 17.8. The summed E-state index contributed by atoms with van der Waals surface area (Å²) in [5, 5.41) is 3.55. The number of ether oxygens (including phenoxy) is 2. The lowest BCUT2D eigenvalue weighted by Gasteiger charge is -2.20. The number of hydrogen-bond donors (Lipinski definition) is 1. The van der Waals surface area contributed by atoms with Gasteiger partial charge >= 0.3 is 0 Å². The highest BCUT2D eigenvalue weighted by Gasteiger charge is 2.19. The van der Waals surface area contributed by atoms with Gasteiger partial charge in [0.05, 0.1) is 0 Å². The van der Waals surface area contributed by atoms with Crippen molar-refractivity contribution in [1.82, 2.24) is 5.32 Å². The Bertz CT molecular complexity index is 427. The molecule has 3 heteroatoms. The molecule has 1 saturated carbocycles. The summed E-state index contributed by atoms with van der Waals surface area (Å²) in [6, 6.07) is 5.07. The second-order valence-corrected chi connectivity index (χ2v) is 5.25. The molecule has 3 rings (SSSR count). The molecular formula is C15H21NO2. The lowest BCUT2D eigenvalue weighted by Crippen LogP contribution is -2.18. The number of benzene rings is 1. The van der Waals surface area contributed by atoms with Gasteiger partial charge in [-0.3, -0.25) is 0 Å². The van der Waals surface area contributed by atoms with Crippen molar-refractivity contribution in [1.29, 1.82) is 0 Å². The molecule has 0 radical (unpaired) electrons. The Morgan fingerprint density at radius 3 is 2.61 bits per heavy atom. The van der Waals surface area contributed by atoms with Crippen LogP contribution < -0.4 is 14.8 Å². The van der Waals surface area contributed by atoms with Gasteiger partial charge in [-0.15, -0.1) is 0 Å². The summed E-state index contributed by atoms with van der Waals surface area (Å²) in [5.74, 6) is 1.82. The molecule has 1 fully saturated rings. The molecule has 1 heterocycles. The highest BCUT2D eigenvalue weighted by atomic mass is 16.6. The van der Waals surface area contributed by atoms with Crippen LogP contribution in [-0.2, 0) is 6.42 Å². The van der Waals surface area contributed by atoms with Gasteiger partial charge in [0.15, 0.2) is 11.5 Å². The standard InChI is InChI=1S/C15H21NO2/c1-11-9-14-15(18-8-7-17-14)10-12(11)3-2-6-16-13-4-5-13/h9-10,13,16H,2-8H2,1H3. The minimum Gasteiger partial charge on any atom is -0.486 e.